The average molecular weight is 352 g/mol. The smallest absolute Gasteiger partial charge is 0.257 e. The lowest BCUT2D eigenvalue weighted by Gasteiger charge is -2.15. The van der Waals surface area contributed by atoms with Crippen molar-refractivity contribution in [2.24, 2.45) is 5.92 Å². The summed E-state index contributed by atoms with van der Waals surface area (Å²) in [5.41, 5.74) is 0. The molecule has 0 aliphatic carbocycles. The molecule has 5 nitrogen and oxygen atoms in total. The molecule has 1 rings (SSSR count). The summed E-state index contributed by atoms with van der Waals surface area (Å²) in [6.45, 7) is 4.51. The molecule has 0 radical (unpaired) electrons. The minimum atomic E-state index is -3.46. The van der Waals surface area contributed by atoms with Crippen molar-refractivity contribution in [3.8, 4) is 0 Å². The van der Waals surface area contributed by atoms with Crippen LogP contribution in [-0.4, -0.2) is 30.3 Å². The normalized spacial score (nSPS) is 13.6. The predicted molar refractivity (Wildman–Crippen MR) is 80.0 cm³/mol. The molecule has 19 heavy (non-hydrogen) atoms. The molecule has 1 heterocycles. The topological polar surface area (TPSA) is 74.8 Å². The fraction of sp³-hybridized carbons (Fsp3) is 0.750. The van der Waals surface area contributed by atoms with Crippen LogP contribution in [-0.2, 0) is 16.4 Å². The Labute approximate surface area is 123 Å². The van der Waals surface area contributed by atoms with Crippen LogP contribution in [0.1, 0.15) is 38.9 Å². The highest BCUT2D eigenvalue weighted by molar-refractivity contribution is 9.09. The first kappa shape index (κ1) is 16.7. The maximum atomic E-state index is 12.1. The van der Waals surface area contributed by atoms with Gasteiger partial charge in [-0.05, 0) is 18.8 Å². The maximum Gasteiger partial charge on any atom is 0.257 e. The summed E-state index contributed by atoms with van der Waals surface area (Å²) in [6, 6.07) is 0. The second-order valence-corrected chi connectivity index (χ2v) is 7.06. The van der Waals surface area contributed by atoms with E-state index in [1.165, 1.54) is 6.20 Å². The summed E-state index contributed by atoms with van der Waals surface area (Å²) in [5.74, 6) is 1.05. The van der Waals surface area contributed by atoms with Gasteiger partial charge in [0.2, 0.25) is 0 Å². The summed E-state index contributed by atoms with van der Waals surface area (Å²) < 4.78 is 26.8. The van der Waals surface area contributed by atoms with Gasteiger partial charge in [0.1, 0.15) is 5.82 Å². The Morgan fingerprint density at radius 3 is 2.68 bits per heavy atom. The van der Waals surface area contributed by atoms with Gasteiger partial charge in [-0.1, -0.05) is 36.2 Å². The number of sulfonamides is 1. The molecule has 1 aromatic rings. The van der Waals surface area contributed by atoms with Crippen LogP contribution >= 0.6 is 15.9 Å². The van der Waals surface area contributed by atoms with Gasteiger partial charge >= 0.3 is 0 Å². The fourth-order valence-electron chi connectivity index (χ4n) is 1.88. The Bertz CT molecular complexity index is 467. The van der Waals surface area contributed by atoms with E-state index in [2.05, 4.69) is 37.5 Å². The van der Waals surface area contributed by atoms with Crippen molar-refractivity contribution in [2.75, 3.05) is 11.9 Å². The molecule has 0 bridgehead atoms. The Hall–Kier alpha value is -0.400. The number of imidazole rings is 1. The van der Waals surface area contributed by atoms with Crippen LogP contribution in [0.2, 0.25) is 0 Å². The van der Waals surface area contributed by atoms with Crippen molar-refractivity contribution in [1.29, 1.82) is 0 Å². The summed E-state index contributed by atoms with van der Waals surface area (Å²) in [6.07, 6.45) is 5.12. The first-order valence-corrected chi connectivity index (χ1v) is 9.23. The molecular weight excluding hydrogens is 330 g/mol. The van der Waals surface area contributed by atoms with Crippen molar-refractivity contribution in [3.63, 3.8) is 0 Å². The van der Waals surface area contributed by atoms with Gasteiger partial charge in [-0.15, -0.1) is 0 Å². The average Bonchev–Trinajstić information content (AvgIpc) is 2.86. The van der Waals surface area contributed by atoms with Crippen LogP contribution in [0.4, 0.5) is 0 Å². The molecule has 0 aliphatic heterocycles. The maximum absolute atomic E-state index is 12.1. The lowest BCUT2D eigenvalue weighted by molar-refractivity contribution is 0.458. The number of alkyl halides is 1. The standard InChI is InChI=1S/C12H22BrN3O2S/c1-3-5-10(6-7-13)8-15-19(17,18)12-9-14-11(4-2)16-12/h9-10,15H,3-8H2,1-2H3,(H,14,16). The molecule has 0 spiro atoms. The van der Waals surface area contributed by atoms with E-state index in [9.17, 15) is 8.42 Å². The van der Waals surface area contributed by atoms with Crippen LogP contribution in [0.15, 0.2) is 11.2 Å². The molecule has 2 N–H and O–H groups in total. The minimum absolute atomic E-state index is 0.151. The van der Waals surface area contributed by atoms with E-state index in [-0.39, 0.29) is 5.03 Å². The van der Waals surface area contributed by atoms with E-state index < -0.39 is 10.0 Å². The number of H-pyrrole nitrogens is 1. The van der Waals surface area contributed by atoms with Crippen molar-refractivity contribution in [3.05, 3.63) is 12.0 Å². The van der Waals surface area contributed by atoms with Gasteiger partial charge in [0.15, 0.2) is 5.03 Å². The monoisotopic (exact) mass is 351 g/mol. The largest absolute Gasteiger partial charge is 0.332 e. The summed E-state index contributed by atoms with van der Waals surface area (Å²) in [4.78, 5) is 6.84. The van der Waals surface area contributed by atoms with Crippen LogP contribution in [0.5, 0.6) is 0 Å². The second kappa shape index (κ2) is 8.01. The second-order valence-electron chi connectivity index (χ2n) is 4.53. The van der Waals surface area contributed by atoms with E-state index in [4.69, 9.17) is 0 Å². The predicted octanol–water partition coefficient (Wildman–Crippen LogP) is 2.45. The van der Waals surface area contributed by atoms with E-state index in [1.54, 1.807) is 0 Å². The summed E-state index contributed by atoms with van der Waals surface area (Å²) >= 11 is 3.40. The first-order chi connectivity index (χ1) is 9.03. The zero-order valence-electron chi connectivity index (χ0n) is 11.4. The molecule has 0 saturated carbocycles. The number of aromatic nitrogens is 2. The molecule has 0 aliphatic rings. The van der Waals surface area contributed by atoms with Gasteiger partial charge in [-0.3, -0.25) is 0 Å². The van der Waals surface area contributed by atoms with Gasteiger partial charge < -0.3 is 4.98 Å². The molecule has 1 unspecified atom stereocenters. The number of aryl methyl sites for hydroxylation is 1. The molecular formula is C12H22BrN3O2S. The Morgan fingerprint density at radius 1 is 1.42 bits per heavy atom. The summed E-state index contributed by atoms with van der Waals surface area (Å²) in [7, 11) is -3.46. The third-order valence-corrected chi connectivity index (χ3v) is 4.80. The molecule has 110 valence electrons. The molecule has 7 heteroatoms. The highest BCUT2D eigenvalue weighted by atomic mass is 79.9. The van der Waals surface area contributed by atoms with E-state index in [0.29, 0.717) is 24.7 Å². The first-order valence-electron chi connectivity index (χ1n) is 6.63. The number of rotatable bonds is 9. The third-order valence-electron chi connectivity index (χ3n) is 3.01. The number of aromatic amines is 1. The van der Waals surface area contributed by atoms with Crippen molar-refractivity contribution in [1.82, 2.24) is 14.7 Å². The molecule has 1 atom stereocenters. The molecule has 0 aromatic carbocycles. The zero-order chi connectivity index (χ0) is 14.3. The van der Waals surface area contributed by atoms with Gasteiger partial charge in [0, 0.05) is 18.3 Å². The van der Waals surface area contributed by atoms with E-state index in [0.717, 1.165) is 24.6 Å². The number of hydrogen-bond donors (Lipinski definition) is 2. The van der Waals surface area contributed by atoms with Crippen molar-refractivity contribution < 1.29 is 8.42 Å². The van der Waals surface area contributed by atoms with Crippen LogP contribution in [0.3, 0.4) is 0 Å². The molecule has 1 aromatic heterocycles. The van der Waals surface area contributed by atoms with E-state index in [1.807, 2.05) is 6.92 Å². The fourth-order valence-corrected chi connectivity index (χ4v) is 3.58. The van der Waals surface area contributed by atoms with Gasteiger partial charge in [0.05, 0.1) is 6.20 Å². The number of nitrogens with zero attached hydrogens (tertiary/aromatic N) is 1. The SMILES string of the molecule is CCCC(CCBr)CNS(=O)(=O)c1cnc(CC)[nH]1. The number of nitrogens with one attached hydrogen (secondary N) is 2. The van der Waals surface area contributed by atoms with Crippen molar-refractivity contribution >= 4 is 26.0 Å². The minimum Gasteiger partial charge on any atom is -0.332 e. The Kier molecular flexibility index (Phi) is 7.02. The Balaban J connectivity index is 2.63. The van der Waals surface area contributed by atoms with E-state index >= 15 is 0 Å². The summed E-state index contributed by atoms with van der Waals surface area (Å²) in [5, 5.41) is 1.04. The van der Waals surface area contributed by atoms with Gasteiger partial charge in [-0.25, -0.2) is 18.1 Å². The molecule has 0 fully saturated rings. The number of hydrogen-bond acceptors (Lipinski definition) is 3. The van der Waals surface area contributed by atoms with Crippen molar-refractivity contribution in [2.45, 2.75) is 44.6 Å². The van der Waals surface area contributed by atoms with Gasteiger partial charge in [0.25, 0.3) is 10.0 Å². The third kappa shape index (κ3) is 5.24. The van der Waals surface area contributed by atoms with Crippen LogP contribution in [0, 0.1) is 5.92 Å². The highest BCUT2D eigenvalue weighted by Gasteiger charge is 2.18. The molecule has 0 saturated heterocycles. The lowest BCUT2D eigenvalue weighted by atomic mass is 10.0. The highest BCUT2D eigenvalue weighted by Crippen LogP contribution is 2.13. The Morgan fingerprint density at radius 2 is 2.16 bits per heavy atom. The number of halogens is 1. The van der Waals surface area contributed by atoms with Crippen LogP contribution < -0.4 is 4.72 Å². The zero-order valence-corrected chi connectivity index (χ0v) is 13.8. The lowest BCUT2D eigenvalue weighted by Crippen LogP contribution is -2.30. The van der Waals surface area contributed by atoms with Gasteiger partial charge in [-0.2, -0.15) is 0 Å². The molecule has 0 amide bonds. The quantitative estimate of drug-likeness (QED) is 0.671. The van der Waals surface area contributed by atoms with Crippen LogP contribution in [0.25, 0.3) is 0 Å².